The second-order valence-electron chi connectivity index (χ2n) is 2.99. The van der Waals surface area contributed by atoms with Gasteiger partial charge in [0.1, 0.15) is 5.69 Å². The molecule has 1 heterocycles. The Labute approximate surface area is 77.6 Å². The number of nitrogens with zero attached hydrogens (tertiary/aromatic N) is 3. The number of rotatable bonds is 4. The highest BCUT2D eigenvalue weighted by atomic mass is 16.3. The Kier molecular flexibility index (Phi) is 3.39. The normalized spacial score (nSPS) is 13.2. The van der Waals surface area contributed by atoms with Gasteiger partial charge in [0.15, 0.2) is 0 Å². The molecular weight excluding hydrogens is 168 g/mol. The van der Waals surface area contributed by atoms with Gasteiger partial charge in [0, 0.05) is 13.2 Å². The van der Waals surface area contributed by atoms with Gasteiger partial charge in [-0.05, 0) is 20.3 Å². The van der Waals surface area contributed by atoms with Gasteiger partial charge in [-0.1, -0.05) is 5.21 Å². The van der Waals surface area contributed by atoms with E-state index in [1.807, 2.05) is 13.8 Å². The molecular formula is C8H16N4O. The molecule has 0 aliphatic carbocycles. The molecule has 1 unspecified atom stereocenters. The molecule has 0 amide bonds. The van der Waals surface area contributed by atoms with Crippen molar-refractivity contribution in [3.05, 3.63) is 11.4 Å². The Hall–Kier alpha value is -0.940. The van der Waals surface area contributed by atoms with Crippen LogP contribution in [-0.4, -0.2) is 26.7 Å². The summed E-state index contributed by atoms with van der Waals surface area (Å²) in [5, 5.41) is 16.6. The van der Waals surface area contributed by atoms with Gasteiger partial charge in [0.2, 0.25) is 0 Å². The Bertz CT molecular complexity index is 271. The minimum Gasteiger partial charge on any atom is -0.396 e. The second kappa shape index (κ2) is 4.34. The van der Waals surface area contributed by atoms with Crippen molar-refractivity contribution in [1.29, 1.82) is 0 Å². The van der Waals surface area contributed by atoms with Crippen molar-refractivity contribution in [1.82, 2.24) is 15.0 Å². The fourth-order valence-corrected chi connectivity index (χ4v) is 1.29. The van der Waals surface area contributed by atoms with Gasteiger partial charge in [0.05, 0.1) is 11.7 Å². The molecule has 0 radical (unpaired) electrons. The summed E-state index contributed by atoms with van der Waals surface area (Å²) in [7, 11) is 0. The first kappa shape index (κ1) is 10.1. The van der Waals surface area contributed by atoms with E-state index in [2.05, 4.69) is 10.3 Å². The summed E-state index contributed by atoms with van der Waals surface area (Å²) in [5.74, 6) is 0. The van der Waals surface area contributed by atoms with E-state index in [0.717, 1.165) is 17.9 Å². The summed E-state index contributed by atoms with van der Waals surface area (Å²) in [6.07, 6.45) is 0.531. The summed E-state index contributed by atoms with van der Waals surface area (Å²) < 4.78 is 1.80. The lowest BCUT2D eigenvalue weighted by Crippen LogP contribution is -2.14. The smallest absolute Gasteiger partial charge is 0.102 e. The van der Waals surface area contributed by atoms with E-state index in [4.69, 9.17) is 10.8 Å². The molecule has 0 aromatic carbocycles. The van der Waals surface area contributed by atoms with Crippen LogP contribution in [0.1, 0.15) is 30.8 Å². The standard InChI is InChI=1S/C8H16N4O/c1-3-12-6(2)8(10-11-12)7(9)4-5-13/h7,13H,3-5,9H2,1-2H3. The van der Waals surface area contributed by atoms with Gasteiger partial charge in [0.25, 0.3) is 0 Å². The van der Waals surface area contributed by atoms with E-state index in [0.29, 0.717) is 6.42 Å². The van der Waals surface area contributed by atoms with E-state index in [1.165, 1.54) is 0 Å². The molecule has 5 nitrogen and oxygen atoms in total. The van der Waals surface area contributed by atoms with Gasteiger partial charge < -0.3 is 10.8 Å². The van der Waals surface area contributed by atoms with Crippen molar-refractivity contribution in [2.24, 2.45) is 5.73 Å². The zero-order valence-corrected chi connectivity index (χ0v) is 8.06. The molecule has 1 aromatic rings. The van der Waals surface area contributed by atoms with Gasteiger partial charge in [-0.2, -0.15) is 0 Å². The topological polar surface area (TPSA) is 77.0 Å². The molecule has 5 heteroatoms. The number of hydrogen-bond acceptors (Lipinski definition) is 4. The van der Waals surface area contributed by atoms with E-state index in [-0.39, 0.29) is 12.6 Å². The molecule has 0 spiro atoms. The van der Waals surface area contributed by atoms with Crippen LogP contribution in [0.25, 0.3) is 0 Å². The Balaban J connectivity index is 2.82. The summed E-state index contributed by atoms with van der Waals surface area (Å²) in [4.78, 5) is 0. The lowest BCUT2D eigenvalue weighted by Gasteiger charge is -2.07. The fourth-order valence-electron chi connectivity index (χ4n) is 1.29. The van der Waals surface area contributed by atoms with Crippen molar-refractivity contribution in [3.63, 3.8) is 0 Å². The van der Waals surface area contributed by atoms with Crippen LogP contribution in [0.4, 0.5) is 0 Å². The van der Waals surface area contributed by atoms with E-state index in [9.17, 15) is 0 Å². The summed E-state index contributed by atoms with van der Waals surface area (Å²) in [5.41, 5.74) is 7.58. The van der Waals surface area contributed by atoms with Gasteiger partial charge in [-0.3, -0.25) is 0 Å². The molecule has 0 fully saturated rings. The number of aliphatic hydroxyl groups is 1. The average molecular weight is 184 g/mol. The van der Waals surface area contributed by atoms with Gasteiger partial charge in [-0.15, -0.1) is 5.10 Å². The SMILES string of the molecule is CCn1nnc(C(N)CCO)c1C. The zero-order chi connectivity index (χ0) is 9.84. The Morgan fingerprint density at radius 1 is 1.62 bits per heavy atom. The van der Waals surface area contributed by atoms with Crippen LogP contribution in [-0.2, 0) is 6.54 Å². The largest absolute Gasteiger partial charge is 0.396 e. The molecule has 0 aliphatic rings. The number of aromatic nitrogens is 3. The number of hydrogen-bond donors (Lipinski definition) is 2. The summed E-state index contributed by atoms with van der Waals surface area (Å²) in [6.45, 7) is 4.82. The quantitative estimate of drug-likeness (QED) is 0.690. The lowest BCUT2D eigenvalue weighted by molar-refractivity contribution is 0.275. The minimum absolute atomic E-state index is 0.0829. The molecule has 13 heavy (non-hydrogen) atoms. The molecule has 0 saturated carbocycles. The number of aryl methyl sites for hydroxylation is 1. The Morgan fingerprint density at radius 2 is 2.31 bits per heavy atom. The first-order valence-corrected chi connectivity index (χ1v) is 4.47. The molecule has 1 aromatic heterocycles. The molecule has 1 rings (SSSR count). The monoisotopic (exact) mass is 184 g/mol. The highest BCUT2D eigenvalue weighted by molar-refractivity contribution is 5.12. The van der Waals surface area contributed by atoms with Crippen molar-refractivity contribution in [3.8, 4) is 0 Å². The maximum absolute atomic E-state index is 8.72. The van der Waals surface area contributed by atoms with Crippen LogP contribution in [0.3, 0.4) is 0 Å². The third-order valence-corrected chi connectivity index (χ3v) is 2.11. The van der Waals surface area contributed by atoms with Crippen LogP contribution in [0.2, 0.25) is 0 Å². The molecule has 0 aliphatic heterocycles. The Morgan fingerprint density at radius 3 is 2.77 bits per heavy atom. The molecule has 0 saturated heterocycles. The molecule has 0 bridgehead atoms. The summed E-state index contributed by atoms with van der Waals surface area (Å²) >= 11 is 0. The van der Waals surface area contributed by atoms with Crippen LogP contribution in [0.15, 0.2) is 0 Å². The van der Waals surface area contributed by atoms with Gasteiger partial charge >= 0.3 is 0 Å². The van der Waals surface area contributed by atoms with Crippen molar-refractivity contribution in [2.45, 2.75) is 32.9 Å². The van der Waals surface area contributed by atoms with E-state index < -0.39 is 0 Å². The maximum Gasteiger partial charge on any atom is 0.102 e. The van der Waals surface area contributed by atoms with E-state index in [1.54, 1.807) is 4.68 Å². The third kappa shape index (κ3) is 2.05. The predicted molar refractivity (Wildman–Crippen MR) is 49.1 cm³/mol. The molecule has 74 valence electrons. The highest BCUT2D eigenvalue weighted by Gasteiger charge is 2.14. The van der Waals surface area contributed by atoms with Crippen molar-refractivity contribution < 1.29 is 5.11 Å². The van der Waals surface area contributed by atoms with Crippen LogP contribution in [0.5, 0.6) is 0 Å². The third-order valence-electron chi connectivity index (χ3n) is 2.11. The van der Waals surface area contributed by atoms with Crippen LogP contribution < -0.4 is 5.73 Å². The molecule has 1 atom stereocenters. The average Bonchev–Trinajstić information content (AvgIpc) is 2.47. The molecule has 3 N–H and O–H groups in total. The first-order chi connectivity index (χ1) is 6.20. The maximum atomic E-state index is 8.72. The minimum atomic E-state index is -0.203. The lowest BCUT2D eigenvalue weighted by atomic mass is 10.1. The second-order valence-corrected chi connectivity index (χ2v) is 2.99. The van der Waals surface area contributed by atoms with Crippen molar-refractivity contribution >= 4 is 0 Å². The van der Waals surface area contributed by atoms with Crippen LogP contribution in [0, 0.1) is 6.92 Å². The first-order valence-electron chi connectivity index (χ1n) is 4.47. The van der Waals surface area contributed by atoms with E-state index >= 15 is 0 Å². The fraction of sp³-hybridized carbons (Fsp3) is 0.750. The summed E-state index contributed by atoms with van der Waals surface area (Å²) in [6, 6.07) is -0.203. The van der Waals surface area contributed by atoms with Crippen LogP contribution >= 0.6 is 0 Å². The zero-order valence-electron chi connectivity index (χ0n) is 8.06. The predicted octanol–water partition coefficient (Wildman–Crippen LogP) is -0.0114. The number of nitrogens with two attached hydrogens (primary N) is 1. The highest BCUT2D eigenvalue weighted by Crippen LogP contribution is 2.14. The van der Waals surface area contributed by atoms with Crippen molar-refractivity contribution in [2.75, 3.05) is 6.61 Å². The number of aliphatic hydroxyl groups excluding tert-OH is 1. The van der Waals surface area contributed by atoms with Gasteiger partial charge in [-0.25, -0.2) is 4.68 Å².